The van der Waals surface area contributed by atoms with Gasteiger partial charge in [0.1, 0.15) is 58.8 Å². The Balaban J connectivity index is 1.62. The number of carbonyl (C=O) groups is 5. The van der Waals surface area contributed by atoms with E-state index in [1.165, 1.54) is 4.90 Å². The van der Waals surface area contributed by atoms with Gasteiger partial charge in [0.15, 0.2) is 0 Å². The van der Waals surface area contributed by atoms with Crippen LogP contribution in [0.4, 0.5) is 14.4 Å². The second-order valence-electron chi connectivity index (χ2n) is 22.4. The number of allylic oxidation sites excluding steroid dienone is 2. The van der Waals surface area contributed by atoms with Gasteiger partial charge < -0.3 is 52.7 Å². The standard InChI is InChI=1S/C61H85N3O15/c1-13-15-34-72-49-27-21-23-43-24-22-33-71-41-50(73-35-16-14-2)54(75-39-42-28-30-45(70-12)31-29-42)53(74-36-20-19-32-63(56(67)77-59(3,4)5)57(68)78-60(6,7)8)47(40-76-55(66)52(43)49)62-51(65)37-44-38-64(58(69)79-61(9,10)11)48-26-18-17-25-46(44)48/h17-31,38,46-48,50,53-54H,13-16,32-37,39-41H2,1-12H3,(H,62,65)/b20-19+,24-22?/t46?,47-,48?,50+,53+,54+/m0/s1. The van der Waals surface area contributed by atoms with Gasteiger partial charge >= 0.3 is 24.2 Å². The molecule has 1 aliphatic carbocycles. The molecule has 18 heteroatoms. The number of rotatable bonds is 20. The number of ether oxygens (including phenoxy) is 10. The van der Waals surface area contributed by atoms with Gasteiger partial charge in [-0.1, -0.05) is 99.6 Å². The molecule has 79 heavy (non-hydrogen) atoms. The van der Waals surface area contributed by atoms with Crippen molar-refractivity contribution in [3.63, 3.8) is 0 Å². The van der Waals surface area contributed by atoms with Crippen LogP contribution in [-0.2, 0) is 49.3 Å². The molecule has 0 fully saturated rings. The SMILES string of the molecule is CCCCOc1cccc2c1C(=O)OC[C@H](NC(=O)CC1=CN(C(=O)OC(C)(C)C)C3C=CC=CC13)[C@@H](OC/C=C/CN(C(=O)OC(C)(C)C)C(=O)OC(C)(C)C)[C@H](OCc1ccc(OC)cc1)[C@H](OCCCC)COCC=C2. The fourth-order valence-corrected chi connectivity index (χ4v) is 8.54. The number of hydrogen-bond donors (Lipinski definition) is 1. The van der Waals surface area contributed by atoms with Crippen LogP contribution in [-0.4, -0.2) is 140 Å². The summed E-state index contributed by atoms with van der Waals surface area (Å²) in [5.74, 6) is -0.552. The molecule has 5 rings (SSSR count). The maximum atomic E-state index is 14.9. The second-order valence-corrected chi connectivity index (χ2v) is 22.4. The number of nitrogens with zero attached hydrogens (tertiary/aromatic N) is 2. The van der Waals surface area contributed by atoms with Crippen molar-refractivity contribution in [3.8, 4) is 11.5 Å². The summed E-state index contributed by atoms with van der Waals surface area (Å²) < 4.78 is 61.7. The summed E-state index contributed by atoms with van der Waals surface area (Å²) >= 11 is 0. The molecule has 0 bridgehead atoms. The molecular formula is C61H85N3O15. The number of carbonyl (C=O) groups excluding carboxylic acids is 5. The van der Waals surface area contributed by atoms with Gasteiger partial charge in [-0.25, -0.2) is 24.1 Å². The predicted octanol–water partition coefficient (Wildman–Crippen LogP) is 11.1. The van der Waals surface area contributed by atoms with Crippen LogP contribution >= 0.6 is 0 Å². The van der Waals surface area contributed by atoms with E-state index in [1.54, 1.807) is 118 Å². The lowest BCUT2D eigenvalue weighted by atomic mass is 9.89. The van der Waals surface area contributed by atoms with Crippen LogP contribution in [0.3, 0.4) is 0 Å². The van der Waals surface area contributed by atoms with Crippen molar-refractivity contribution < 1.29 is 71.3 Å². The summed E-state index contributed by atoms with van der Waals surface area (Å²) in [6.45, 7) is 19.6. The summed E-state index contributed by atoms with van der Waals surface area (Å²) in [6.07, 6.45) is 13.6. The summed E-state index contributed by atoms with van der Waals surface area (Å²) in [7, 11) is 1.58. The van der Waals surface area contributed by atoms with Crippen LogP contribution in [0.15, 0.2) is 96.8 Å². The molecule has 0 saturated heterocycles. The average Bonchev–Trinajstić information content (AvgIpc) is 3.94. The first-order valence-electron chi connectivity index (χ1n) is 27.4. The zero-order chi connectivity index (χ0) is 57.8. The number of amides is 4. The molecule has 2 unspecified atom stereocenters. The molecular weight excluding hydrogens is 1010 g/mol. The Bertz CT molecular complexity index is 2450. The Kier molecular flexibility index (Phi) is 24.2. The Hall–Kier alpha value is -6.47. The number of hydrogen-bond acceptors (Lipinski definition) is 15. The van der Waals surface area contributed by atoms with E-state index in [2.05, 4.69) is 5.32 Å². The number of unbranched alkanes of at least 4 members (excludes halogenated alkanes) is 2. The Morgan fingerprint density at radius 1 is 0.785 bits per heavy atom. The molecule has 4 amide bonds. The Morgan fingerprint density at radius 2 is 1.46 bits per heavy atom. The third kappa shape index (κ3) is 20.6. The number of fused-ring (bicyclic) bond motifs is 2. The van der Waals surface area contributed by atoms with Crippen molar-refractivity contribution >= 4 is 36.2 Å². The number of benzene rings is 2. The number of esters is 1. The number of imide groups is 1. The van der Waals surface area contributed by atoms with Crippen molar-refractivity contribution in [2.45, 2.75) is 162 Å². The van der Waals surface area contributed by atoms with Gasteiger partial charge in [-0.15, -0.1) is 0 Å². The molecule has 2 heterocycles. The fourth-order valence-electron chi connectivity index (χ4n) is 8.54. The quantitative estimate of drug-likeness (QED) is 0.0568. The zero-order valence-corrected chi connectivity index (χ0v) is 48.4. The molecule has 3 aliphatic rings. The largest absolute Gasteiger partial charge is 0.497 e. The van der Waals surface area contributed by atoms with E-state index >= 15 is 0 Å². The van der Waals surface area contributed by atoms with Gasteiger partial charge in [0, 0.05) is 25.1 Å². The van der Waals surface area contributed by atoms with Gasteiger partial charge in [-0.05, 0) is 110 Å². The van der Waals surface area contributed by atoms with Crippen molar-refractivity contribution in [2.24, 2.45) is 5.92 Å². The third-order valence-corrected chi connectivity index (χ3v) is 12.3. The predicted molar refractivity (Wildman–Crippen MR) is 300 cm³/mol. The molecule has 6 atom stereocenters. The third-order valence-electron chi connectivity index (χ3n) is 12.3. The number of nitrogens with one attached hydrogen (secondary N) is 1. The van der Waals surface area contributed by atoms with E-state index in [1.807, 2.05) is 62.4 Å². The molecule has 0 aromatic heterocycles. The molecule has 0 radical (unpaired) electrons. The number of methoxy groups -OCH3 is 1. The highest BCUT2D eigenvalue weighted by Gasteiger charge is 2.42. The van der Waals surface area contributed by atoms with Crippen molar-refractivity contribution in [2.75, 3.05) is 53.3 Å². The van der Waals surface area contributed by atoms with E-state index in [9.17, 15) is 24.0 Å². The first-order chi connectivity index (χ1) is 37.5. The van der Waals surface area contributed by atoms with E-state index in [4.69, 9.17) is 47.4 Å². The first-order valence-corrected chi connectivity index (χ1v) is 27.4. The molecule has 434 valence electrons. The summed E-state index contributed by atoms with van der Waals surface area (Å²) in [6, 6.07) is 11.1. The van der Waals surface area contributed by atoms with E-state index in [-0.39, 0.29) is 50.9 Å². The van der Waals surface area contributed by atoms with Crippen molar-refractivity contribution in [1.29, 1.82) is 0 Å². The lowest BCUT2D eigenvalue weighted by molar-refractivity contribution is -0.168. The van der Waals surface area contributed by atoms with E-state index in [0.29, 0.717) is 42.3 Å². The minimum absolute atomic E-state index is 0.0154. The molecule has 0 spiro atoms. The van der Waals surface area contributed by atoms with Crippen LogP contribution in [0.5, 0.6) is 11.5 Å². The maximum absolute atomic E-state index is 14.9. The van der Waals surface area contributed by atoms with Crippen LogP contribution in [0.2, 0.25) is 0 Å². The van der Waals surface area contributed by atoms with Crippen molar-refractivity contribution in [1.82, 2.24) is 15.1 Å². The fraction of sp³-hybridized carbons (Fsp3) is 0.557. The molecule has 2 aromatic carbocycles. The lowest BCUT2D eigenvalue weighted by Crippen LogP contribution is -2.57. The summed E-state index contributed by atoms with van der Waals surface area (Å²) in [5.41, 5.74) is -0.461. The smallest absolute Gasteiger partial charge is 0.420 e. The van der Waals surface area contributed by atoms with Crippen LogP contribution < -0.4 is 14.8 Å². The Morgan fingerprint density at radius 3 is 2.11 bits per heavy atom. The maximum Gasteiger partial charge on any atom is 0.420 e. The first kappa shape index (κ1) is 63.4. The van der Waals surface area contributed by atoms with E-state index in [0.717, 1.165) is 29.7 Å². The molecule has 1 N–H and O–H groups in total. The molecule has 2 aliphatic heterocycles. The van der Waals surface area contributed by atoms with Crippen molar-refractivity contribution in [3.05, 3.63) is 113 Å². The molecule has 18 nitrogen and oxygen atoms in total. The van der Waals surface area contributed by atoms with Gasteiger partial charge in [0.05, 0.1) is 58.8 Å². The minimum atomic E-state index is -1.17. The van der Waals surface area contributed by atoms with Gasteiger partial charge in [-0.2, -0.15) is 0 Å². The number of cyclic esters (lactones) is 1. The highest BCUT2D eigenvalue weighted by Crippen LogP contribution is 2.36. The lowest BCUT2D eigenvalue weighted by Gasteiger charge is -2.38. The van der Waals surface area contributed by atoms with Crippen LogP contribution in [0.25, 0.3) is 6.08 Å². The summed E-state index contributed by atoms with van der Waals surface area (Å²) in [4.78, 5) is 72.4. The van der Waals surface area contributed by atoms with E-state index < -0.39 is 84.0 Å². The minimum Gasteiger partial charge on any atom is -0.497 e. The summed E-state index contributed by atoms with van der Waals surface area (Å²) in [5, 5.41) is 3.17. The van der Waals surface area contributed by atoms with Gasteiger partial charge in [-0.3, -0.25) is 9.69 Å². The monoisotopic (exact) mass is 1100 g/mol. The van der Waals surface area contributed by atoms with Gasteiger partial charge in [0.2, 0.25) is 5.91 Å². The normalized spacial score (nSPS) is 20.8. The second kappa shape index (κ2) is 30.2. The topological polar surface area (TPSA) is 196 Å². The van der Waals surface area contributed by atoms with Crippen LogP contribution in [0.1, 0.15) is 130 Å². The Labute approximate surface area is 467 Å². The molecule has 0 saturated carbocycles. The zero-order valence-electron chi connectivity index (χ0n) is 48.4. The average molecular weight is 1100 g/mol. The van der Waals surface area contributed by atoms with Gasteiger partial charge in [0.25, 0.3) is 0 Å². The highest BCUT2D eigenvalue weighted by molar-refractivity contribution is 5.97. The highest BCUT2D eigenvalue weighted by atomic mass is 16.6. The van der Waals surface area contributed by atoms with Crippen LogP contribution in [0, 0.1) is 5.92 Å². The molecule has 2 aromatic rings.